The third kappa shape index (κ3) is 4.97. The average Bonchev–Trinajstić information content (AvgIpc) is 3.05. The predicted octanol–water partition coefficient (Wildman–Crippen LogP) is 3.85. The van der Waals surface area contributed by atoms with Crippen LogP contribution in [0.2, 0.25) is 0 Å². The highest BCUT2D eigenvalue weighted by Gasteiger charge is 2.24. The van der Waals surface area contributed by atoms with Gasteiger partial charge < -0.3 is 10.6 Å². The second-order valence-electron chi connectivity index (χ2n) is 4.91. The predicted molar refractivity (Wildman–Crippen MR) is 94.9 cm³/mol. The molecule has 1 aliphatic rings. The molecule has 3 nitrogen and oxygen atoms in total. The average molecular weight is 376 g/mol. The Morgan fingerprint density at radius 3 is 2.95 bits per heavy atom. The summed E-state index contributed by atoms with van der Waals surface area (Å²) >= 11 is 7.22. The summed E-state index contributed by atoms with van der Waals surface area (Å²) in [5.74, 6) is 0.948. The van der Waals surface area contributed by atoms with Crippen molar-refractivity contribution < 1.29 is 0 Å². The molecule has 0 bridgehead atoms. The number of hydrogen-bond acceptors (Lipinski definition) is 3. The number of hydrogen-bond donors (Lipinski definition) is 2. The van der Waals surface area contributed by atoms with Gasteiger partial charge in [0.15, 0.2) is 5.96 Å². The fourth-order valence-electron chi connectivity index (χ4n) is 2.39. The summed E-state index contributed by atoms with van der Waals surface area (Å²) < 4.78 is 1.17. The monoisotopic (exact) mass is 375 g/mol. The molecule has 0 aromatic carbocycles. The van der Waals surface area contributed by atoms with E-state index in [4.69, 9.17) is 0 Å². The van der Waals surface area contributed by atoms with Gasteiger partial charge in [0.2, 0.25) is 0 Å². The van der Waals surface area contributed by atoms with E-state index in [1.54, 1.807) is 11.3 Å². The number of guanidine groups is 1. The smallest absolute Gasteiger partial charge is 0.191 e. The number of nitrogens with zero attached hydrogens (tertiary/aromatic N) is 1. The fraction of sp³-hybridized carbons (Fsp3) is 0.643. The van der Waals surface area contributed by atoms with Crippen LogP contribution < -0.4 is 10.6 Å². The van der Waals surface area contributed by atoms with Crippen LogP contribution in [-0.4, -0.2) is 30.1 Å². The molecular formula is C14H22BrN3S2. The van der Waals surface area contributed by atoms with E-state index < -0.39 is 0 Å². The first-order valence-electron chi connectivity index (χ1n) is 7.03. The molecule has 1 aromatic rings. The Kier molecular flexibility index (Phi) is 6.71. The van der Waals surface area contributed by atoms with E-state index in [9.17, 15) is 0 Å². The molecule has 1 aliphatic carbocycles. The molecule has 0 spiro atoms. The molecule has 2 N–H and O–H groups in total. The SMILES string of the molecule is CCNC(=NCc1ccc(Br)s1)NC1CCC(SC)C1. The minimum atomic E-state index is 0.570. The zero-order valence-corrected chi connectivity index (χ0v) is 15.2. The molecule has 2 unspecified atom stereocenters. The van der Waals surface area contributed by atoms with Gasteiger partial charge in [-0.3, -0.25) is 0 Å². The zero-order valence-electron chi connectivity index (χ0n) is 12.0. The van der Waals surface area contributed by atoms with Crippen LogP contribution in [0.3, 0.4) is 0 Å². The molecule has 112 valence electrons. The van der Waals surface area contributed by atoms with Gasteiger partial charge in [0.05, 0.1) is 10.3 Å². The second kappa shape index (κ2) is 8.29. The Balaban J connectivity index is 1.89. The van der Waals surface area contributed by atoms with E-state index in [0.717, 1.165) is 24.3 Å². The van der Waals surface area contributed by atoms with E-state index in [1.807, 2.05) is 11.8 Å². The topological polar surface area (TPSA) is 36.4 Å². The van der Waals surface area contributed by atoms with Gasteiger partial charge in [-0.25, -0.2) is 4.99 Å². The summed E-state index contributed by atoms with van der Waals surface area (Å²) in [6.45, 7) is 3.75. The van der Waals surface area contributed by atoms with E-state index in [1.165, 1.54) is 27.9 Å². The summed E-state index contributed by atoms with van der Waals surface area (Å²) in [5, 5.41) is 7.73. The van der Waals surface area contributed by atoms with Crippen molar-refractivity contribution in [3.05, 3.63) is 20.8 Å². The lowest BCUT2D eigenvalue weighted by Crippen LogP contribution is -2.42. The molecule has 0 amide bonds. The van der Waals surface area contributed by atoms with Crippen LogP contribution in [-0.2, 0) is 6.54 Å². The minimum Gasteiger partial charge on any atom is -0.357 e. The van der Waals surface area contributed by atoms with Gasteiger partial charge in [-0.15, -0.1) is 11.3 Å². The lowest BCUT2D eigenvalue weighted by Gasteiger charge is -2.17. The zero-order chi connectivity index (χ0) is 14.4. The quantitative estimate of drug-likeness (QED) is 0.605. The summed E-state index contributed by atoms with van der Waals surface area (Å²) in [5.41, 5.74) is 0. The van der Waals surface area contributed by atoms with Crippen molar-refractivity contribution in [2.75, 3.05) is 12.8 Å². The highest BCUT2D eigenvalue weighted by Crippen LogP contribution is 2.28. The third-order valence-electron chi connectivity index (χ3n) is 3.42. The normalized spacial score (nSPS) is 23.1. The maximum Gasteiger partial charge on any atom is 0.191 e. The van der Waals surface area contributed by atoms with Gasteiger partial charge in [-0.1, -0.05) is 0 Å². The van der Waals surface area contributed by atoms with Crippen molar-refractivity contribution in [1.29, 1.82) is 0 Å². The molecule has 1 fully saturated rings. The molecular weight excluding hydrogens is 354 g/mol. The number of thioether (sulfide) groups is 1. The molecule has 1 aromatic heterocycles. The summed E-state index contributed by atoms with van der Waals surface area (Å²) in [6.07, 6.45) is 6.02. The number of aliphatic imine (C=N–C) groups is 1. The molecule has 2 rings (SSSR count). The van der Waals surface area contributed by atoms with Crippen molar-refractivity contribution in [3.63, 3.8) is 0 Å². The van der Waals surface area contributed by atoms with Crippen LogP contribution in [0.15, 0.2) is 20.9 Å². The summed E-state index contributed by atoms with van der Waals surface area (Å²) in [7, 11) is 0. The van der Waals surface area contributed by atoms with Crippen LogP contribution in [0, 0.1) is 0 Å². The van der Waals surface area contributed by atoms with Crippen LogP contribution in [0.4, 0.5) is 0 Å². The van der Waals surface area contributed by atoms with Crippen molar-refractivity contribution in [1.82, 2.24) is 10.6 Å². The Hall–Kier alpha value is -0.200. The Morgan fingerprint density at radius 1 is 1.50 bits per heavy atom. The molecule has 1 saturated carbocycles. The highest BCUT2D eigenvalue weighted by molar-refractivity contribution is 9.11. The number of thiophene rings is 1. The second-order valence-corrected chi connectivity index (χ2v) is 8.60. The first-order chi connectivity index (χ1) is 9.71. The van der Waals surface area contributed by atoms with Crippen LogP contribution >= 0.6 is 39.0 Å². The Labute approximate surface area is 138 Å². The number of rotatable bonds is 5. The van der Waals surface area contributed by atoms with Crippen LogP contribution in [0.1, 0.15) is 31.1 Å². The number of halogens is 1. The summed E-state index contributed by atoms with van der Waals surface area (Å²) in [6, 6.07) is 4.78. The van der Waals surface area contributed by atoms with E-state index in [0.29, 0.717) is 6.04 Å². The van der Waals surface area contributed by atoms with Crippen molar-refractivity contribution in [2.45, 2.75) is 44.0 Å². The molecule has 6 heteroatoms. The largest absolute Gasteiger partial charge is 0.357 e. The highest BCUT2D eigenvalue weighted by atomic mass is 79.9. The molecule has 20 heavy (non-hydrogen) atoms. The van der Waals surface area contributed by atoms with Crippen LogP contribution in [0.5, 0.6) is 0 Å². The molecule has 0 aliphatic heterocycles. The van der Waals surface area contributed by atoms with Crippen LogP contribution in [0.25, 0.3) is 0 Å². The first kappa shape index (κ1) is 16.2. The fourth-order valence-corrected chi connectivity index (χ4v) is 4.60. The van der Waals surface area contributed by atoms with E-state index in [-0.39, 0.29) is 0 Å². The molecule has 1 heterocycles. The third-order valence-corrected chi connectivity index (χ3v) is 6.13. The Bertz CT molecular complexity index is 447. The maximum absolute atomic E-state index is 4.69. The molecule has 0 radical (unpaired) electrons. The summed E-state index contributed by atoms with van der Waals surface area (Å²) in [4.78, 5) is 5.97. The number of nitrogens with one attached hydrogen (secondary N) is 2. The van der Waals surface area contributed by atoms with Gasteiger partial charge in [-0.2, -0.15) is 11.8 Å². The Morgan fingerprint density at radius 2 is 2.35 bits per heavy atom. The van der Waals surface area contributed by atoms with Gasteiger partial charge in [0, 0.05) is 22.7 Å². The molecule has 2 atom stereocenters. The lowest BCUT2D eigenvalue weighted by molar-refractivity contribution is 0.615. The lowest BCUT2D eigenvalue weighted by atomic mass is 10.2. The van der Waals surface area contributed by atoms with Gasteiger partial charge in [0.25, 0.3) is 0 Å². The van der Waals surface area contributed by atoms with E-state index in [2.05, 4.69) is 56.9 Å². The van der Waals surface area contributed by atoms with Crippen molar-refractivity contribution in [3.8, 4) is 0 Å². The van der Waals surface area contributed by atoms with E-state index >= 15 is 0 Å². The van der Waals surface area contributed by atoms with Gasteiger partial charge in [-0.05, 0) is 60.5 Å². The van der Waals surface area contributed by atoms with Crippen molar-refractivity contribution in [2.24, 2.45) is 4.99 Å². The maximum atomic E-state index is 4.69. The first-order valence-corrected chi connectivity index (χ1v) is 9.92. The standard InChI is InChI=1S/C14H22BrN3S2/c1-3-16-14(17-9-12-6-7-13(15)20-12)18-10-4-5-11(8-10)19-2/h6-7,10-11H,3-5,8-9H2,1-2H3,(H2,16,17,18). The van der Waals surface area contributed by atoms with Crippen molar-refractivity contribution >= 4 is 45.0 Å². The van der Waals surface area contributed by atoms with Gasteiger partial charge >= 0.3 is 0 Å². The minimum absolute atomic E-state index is 0.570. The molecule has 0 saturated heterocycles. The van der Waals surface area contributed by atoms with Gasteiger partial charge in [0.1, 0.15) is 0 Å².